The lowest BCUT2D eigenvalue weighted by Gasteiger charge is -2.13. The van der Waals surface area contributed by atoms with Gasteiger partial charge in [0.15, 0.2) is 0 Å². The summed E-state index contributed by atoms with van der Waals surface area (Å²) in [6.07, 6.45) is -0.852. The molecule has 15 heavy (non-hydrogen) atoms. The Hall–Kier alpha value is -1.38. The molecule has 1 aromatic carbocycles. The Labute approximate surface area is 88.1 Å². The molecule has 0 amide bonds. The van der Waals surface area contributed by atoms with Gasteiger partial charge in [-0.3, -0.25) is 4.79 Å². The second-order valence-corrected chi connectivity index (χ2v) is 3.73. The number of halogens is 1. The Kier molecular flexibility index (Phi) is 2.47. The highest BCUT2D eigenvalue weighted by molar-refractivity contribution is 5.88. The van der Waals surface area contributed by atoms with E-state index in [-0.39, 0.29) is 6.42 Å². The number of hydrogen-bond donors (Lipinski definition) is 0. The third kappa shape index (κ3) is 1.52. The molecule has 0 aliphatic heterocycles. The maximum absolute atomic E-state index is 13.4. The predicted octanol–water partition coefficient (Wildman–Crippen LogP) is 2.23. The van der Waals surface area contributed by atoms with Crippen molar-refractivity contribution in [2.24, 2.45) is 0 Å². The van der Waals surface area contributed by atoms with Crippen molar-refractivity contribution in [2.45, 2.75) is 24.9 Å². The Morgan fingerprint density at radius 3 is 2.60 bits per heavy atom. The Bertz CT molecular complexity index is 363. The van der Waals surface area contributed by atoms with Gasteiger partial charge in [-0.1, -0.05) is 30.3 Å². The molecule has 1 fully saturated rings. The van der Waals surface area contributed by atoms with Crippen molar-refractivity contribution < 1.29 is 13.9 Å². The van der Waals surface area contributed by atoms with Crippen LogP contribution in [0.5, 0.6) is 0 Å². The summed E-state index contributed by atoms with van der Waals surface area (Å²) >= 11 is 0. The summed E-state index contributed by atoms with van der Waals surface area (Å²) in [7, 11) is 0. The SMILES string of the molecule is CCOC(=O)[C@@]1(c2ccccc2)C[C@H]1F. The van der Waals surface area contributed by atoms with Gasteiger partial charge in [0.25, 0.3) is 0 Å². The van der Waals surface area contributed by atoms with Gasteiger partial charge in [0.2, 0.25) is 0 Å². The first-order chi connectivity index (χ1) is 7.21. The number of rotatable bonds is 3. The van der Waals surface area contributed by atoms with Crippen LogP contribution in [-0.2, 0) is 14.9 Å². The number of esters is 1. The highest BCUT2D eigenvalue weighted by atomic mass is 19.1. The Balaban J connectivity index is 2.28. The van der Waals surface area contributed by atoms with Gasteiger partial charge in [-0.2, -0.15) is 0 Å². The summed E-state index contributed by atoms with van der Waals surface area (Å²) in [6, 6.07) is 9.01. The lowest BCUT2D eigenvalue weighted by atomic mass is 9.96. The minimum atomic E-state index is -1.10. The number of carbonyl (C=O) groups excluding carboxylic acids is 1. The van der Waals surface area contributed by atoms with E-state index in [9.17, 15) is 9.18 Å². The lowest BCUT2D eigenvalue weighted by Crippen LogP contribution is -2.26. The molecule has 0 saturated heterocycles. The van der Waals surface area contributed by atoms with E-state index < -0.39 is 17.6 Å². The Morgan fingerprint density at radius 1 is 1.53 bits per heavy atom. The van der Waals surface area contributed by atoms with E-state index in [1.807, 2.05) is 6.07 Å². The summed E-state index contributed by atoms with van der Waals surface area (Å²) < 4.78 is 18.3. The van der Waals surface area contributed by atoms with E-state index in [1.165, 1.54) is 0 Å². The van der Waals surface area contributed by atoms with Crippen LogP contribution in [0.3, 0.4) is 0 Å². The highest BCUT2D eigenvalue weighted by Crippen LogP contribution is 2.51. The normalized spacial score (nSPS) is 28.5. The molecule has 1 aliphatic carbocycles. The van der Waals surface area contributed by atoms with Gasteiger partial charge in [-0.05, 0) is 12.5 Å². The van der Waals surface area contributed by atoms with Crippen LogP contribution in [0.25, 0.3) is 0 Å². The summed E-state index contributed by atoms with van der Waals surface area (Å²) in [4.78, 5) is 11.7. The molecule has 0 heterocycles. The van der Waals surface area contributed by atoms with Gasteiger partial charge in [0.1, 0.15) is 11.6 Å². The summed E-state index contributed by atoms with van der Waals surface area (Å²) in [5, 5.41) is 0. The van der Waals surface area contributed by atoms with Gasteiger partial charge in [0, 0.05) is 6.42 Å². The fourth-order valence-electron chi connectivity index (χ4n) is 1.85. The molecule has 2 atom stereocenters. The molecule has 0 radical (unpaired) electrons. The van der Waals surface area contributed by atoms with Crippen LogP contribution in [0.4, 0.5) is 4.39 Å². The smallest absolute Gasteiger partial charge is 0.319 e. The molecule has 3 heteroatoms. The zero-order chi connectivity index (χ0) is 10.9. The topological polar surface area (TPSA) is 26.3 Å². The summed E-state index contributed by atoms with van der Waals surface area (Å²) in [6.45, 7) is 2.02. The van der Waals surface area contributed by atoms with E-state index in [0.717, 1.165) is 5.56 Å². The van der Waals surface area contributed by atoms with Gasteiger partial charge >= 0.3 is 5.97 Å². The number of ether oxygens (including phenoxy) is 1. The monoisotopic (exact) mass is 208 g/mol. The quantitative estimate of drug-likeness (QED) is 0.712. The number of hydrogen-bond acceptors (Lipinski definition) is 2. The van der Waals surface area contributed by atoms with Gasteiger partial charge in [-0.25, -0.2) is 4.39 Å². The predicted molar refractivity (Wildman–Crippen MR) is 54.3 cm³/mol. The van der Waals surface area contributed by atoms with Crippen molar-refractivity contribution in [2.75, 3.05) is 6.61 Å². The first-order valence-electron chi connectivity index (χ1n) is 5.08. The van der Waals surface area contributed by atoms with Gasteiger partial charge < -0.3 is 4.74 Å². The first-order valence-corrected chi connectivity index (χ1v) is 5.08. The molecule has 0 N–H and O–H groups in total. The molecule has 0 bridgehead atoms. The standard InChI is InChI=1S/C12H13FO2/c1-2-15-11(14)12(8-10(12)13)9-6-4-3-5-7-9/h3-7,10H,2,8H2,1H3/t10-,12-/m1/s1. The summed E-state index contributed by atoms with van der Waals surface area (Å²) in [5.41, 5.74) is -0.298. The zero-order valence-electron chi connectivity index (χ0n) is 8.57. The van der Waals surface area contributed by atoms with E-state index in [4.69, 9.17) is 4.74 Å². The average Bonchev–Trinajstić information content (AvgIpc) is 2.93. The second-order valence-electron chi connectivity index (χ2n) is 3.73. The maximum atomic E-state index is 13.4. The zero-order valence-corrected chi connectivity index (χ0v) is 8.57. The Morgan fingerprint density at radius 2 is 2.13 bits per heavy atom. The molecule has 1 aliphatic rings. The molecular formula is C12H13FO2. The van der Waals surface area contributed by atoms with E-state index in [2.05, 4.69) is 0 Å². The average molecular weight is 208 g/mol. The highest BCUT2D eigenvalue weighted by Gasteiger charge is 2.63. The molecule has 1 aromatic rings. The minimum absolute atomic E-state index is 0.246. The van der Waals surface area contributed by atoms with E-state index >= 15 is 0 Å². The maximum Gasteiger partial charge on any atom is 0.319 e. The van der Waals surface area contributed by atoms with Crippen molar-refractivity contribution in [3.8, 4) is 0 Å². The molecule has 80 valence electrons. The van der Waals surface area contributed by atoms with Crippen LogP contribution < -0.4 is 0 Å². The molecule has 0 spiro atoms. The minimum Gasteiger partial charge on any atom is -0.465 e. The van der Waals surface area contributed by atoms with Crippen LogP contribution in [-0.4, -0.2) is 18.7 Å². The largest absolute Gasteiger partial charge is 0.465 e. The first kappa shape index (κ1) is 10.1. The van der Waals surface area contributed by atoms with Crippen LogP contribution >= 0.6 is 0 Å². The third-order valence-electron chi connectivity index (χ3n) is 2.80. The molecule has 0 unspecified atom stereocenters. The molecule has 0 aromatic heterocycles. The van der Waals surface area contributed by atoms with E-state index in [0.29, 0.717) is 6.61 Å². The van der Waals surface area contributed by atoms with Crippen LogP contribution in [0, 0.1) is 0 Å². The van der Waals surface area contributed by atoms with Crippen LogP contribution in [0.15, 0.2) is 30.3 Å². The van der Waals surface area contributed by atoms with Crippen molar-refractivity contribution in [1.29, 1.82) is 0 Å². The van der Waals surface area contributed by atoms with Crippen molar-refractivity contribution in [3.05, 3.63) is 35.9 Å². The molecule has 2 rings (SSSR count). The van der Waals surface area contributed by atoms with Crippen molar-refractivity contribution >= 4 is 5.97 Å². The second kappa shape index (κ2) is 3.65. The molecular weight excluding hydrogens is 195 g/mol. The third-order valence-corrected chi connectivity index (χ3v) is 2.80. The van der Waals surface area contributed by atoms with Crippen molar-refractivity contribution in [3.63, 3.8) is 0 Å². The van der Waals surface area contributed by atoms with Crippen molar-refractivity contribution in [1.82, 2.24) is 0 Å². The number of benzene rings is 1. The lowest BCUT2D eigenvalue weighted by molar-refractivity contribution is -0.146. The fraction of sp³-hybridized carbons (Fsp3) is 0.417. The number of alkyl halides is 1. The summed E-state index contributed by atoms with van der Waals surface area (Å²) in [5.74, 6) is -0.441. The van der Waals surface area contributed by atoms with Crippen LogP contribution in [0.1, 0.15) is 18.9 Å². The molecule has 2 nitrogen and oxygen atoms in total. The fourth-order valence-corrected chi connectivity index (χ4v) is 1.85. The molecule has 1 saturated carbocycles. The van der Waals surface area contributed by atoms with Gasteiger partial charge in [0.05, 0.1) is 6.61 Å². The van der Waals surface area contributed by atoms with Gasteiger partial charge in [-0.15, -0.1) is 0 Å². The van der Waals surface area contributed by atoms with Crippen LogP contribution in [0.2, 0.25) is 0 Å². The number of carbonyl (C=O) groups is 1. The van der Waals surface area contributed by atoms with E-state index in [1.54, 1.807) is 31.2 Å².